The molecular formula is C16H18BrNO2. The fourth-order valence-electron chi connectivity index (χ4n) is 2.00. The fourth-order valence-corrected chi connectivity index (χ4v) is 2.38. The molecule has 0 amide bonds. The molecule has 0 saturated heterocycles. The first-order valence-electron chi connectivity index (χ1n) is 6.65. The van der Waals surface area contributed by atoms with Crippen LogP contribution < -0.4 is 10.3 Å². The highest BCUT2D eigenvalue weighted by Gasteiger charge is 2.08. The van der Waals surface area contributed by atoms with E-state index < -0.39 is 0 Å². The molecule has 0 atom stereocenters. The van der Waals surface area contributed by atoms with Crippen LogP contribution in [0.4, 0.5) is 0 Å². The summed E-state index contributed by atoms with van der Waals surface area (Å²) in [6.07, 6.45) is 1.77. The molecule has 0 saturated carbocycles. The maximum Gasteiger partial charge on any atom is 0.250 e. The predicted molar refractivity (Wildman–Crippen MR) is 84.4 cm³/mol. The monoisotopic (exact) mass is 335 g/mol. The van der Waals surface area contributed by atoms with Crippen molar-refractivity contribution in [1.82, 2.24) is 4.57 Å². The number of nitrogens with zero attached hydrogens (tertiary/aromatic N) is 1. The Morgan fingerprint density at radius 1 is 1.25 bits per heavy atom. The van der Waals surface area contributed by atoms with Crippen LogP contribution in [0.25, 0.3) is 0 Å². The van der Waals surface area contributed by atoms with Gasteiger partial charge in [0.25, 0.3) is 5.56 Å². The summed E-state index contributed by atoms with van der Waals surface area (Å²) in [5.41, 5.74) is 1.16. The molecule has 0 aliphatic heterocycles. The van der Waals surface area contributed by atoms with E-state index in [4.69, 9.17) is 4.74 Å². The lowest BCUT2D eigenvalue weighted by Crippen LogP contribution is -2.21. The second kappa shape index (κ2) is 6.75. The van der Waals surface area contributed by atoms with Crippen molar-refractivity contribution in [3.05, 3.63) is 63.0 Å². The second-order valence-electron chi connectivity index (χ2n) is 4.92. The van der Waals surface area contributed by atoms with Crippen molar-refractivity contribution in [2.45, 2.75) is 26.3 Å². The molecule has 0 unspecified atom stereocenters. The Bertz CT molecular complexity index is 634. The van der Waals surface area contributed by atoms with E-state index in [1.54, 1.807) is 22.9 Å². The Morgan fingerprint density at radius 2 is 2.05 bits per heavy atom. The lowest BCUT2D eigenvalue weighted by atomic mass is 10.0. The third-order valence-electron chi connectivity index (χ3n) is 3.08. The predicted octanol–water partition coefficient (Wildman–Crippen LogP) is 3.81. The SMILES string of the molecule is CC(C)c1cc(Br)ccc1OCCn1ccccc1=O. The summed E-state index contributed by atoms with van der Waals surface area (Å²) in [4.78, 5) is 11.6. The molecule has 0 aliphatic rings. The van der Waals surface area contributed by atoms with E-state index >= 15 is 0 Å². The van der Waals surface area contributed by atoms with Crippen molar-refractivity contribution in [3.8, 4) is 5.75 Å². The van der Waals surface area contributed by atoms with Gasteiger partial charge < -0.3 is 9.30 Å². The molecule has 20 heavy (non-hydrogen) atoms. The van der Waals surface area contributed by atoms with Crippen molar-refractivity contribution >= 4 is 15.9 Å². The Labute approximate surface area is 127 Å². The average Bonchev–Trinajstić information content (AvgIpc) is 2.42. The highest BCUT2D eigenvalue weighted by Crippen LogP contribution is 2.29. The molecule has 0 radical (unpaired) electrons. The minimum atomic E-state index is -0.00371. The number of halogens is 1. The molecule has 0 spiro atoms. The molecular weight excluding hydrogens is 318 g/mol. The van der Waals surface area contributed by atoms with Crippen LogP contribution >= 0.6 is 15.9 Å². The van der Waals surface area contributed by atoms with Gasteiger partial charge in [0.15, 0.2) is 0 Å². The number of aromatic nitrogens is 1. The molecule has 3 nitrogen and oxygen atoms in total. The minimum absolute atomic E-state index is 0.00371. The first-order valence-corrected chi connectivity index (χ1v) is 7.45. The lowest BCUT2D eigenvalue weighted by molar-refractivity contribution is 0.292. The van der Waals surface area contributed by atoms with E-state index in [2.05, 4.69) is 35.8 Å². The zero-order valence-corrected chi connectivity index (χ0v) is 13.3. The Hall–Kier alpha value is -1.55. The molecule has 4 heteroatoms. The minimum Gasteiger partial charge on any atom is -0.491 e. The summed E-state index contributed by atoms with van der Waals surface area (Å²) in [6.45, 7) is 5.30. The summed E-state index contributed by atoms with van der Waals surface area (Å²) < 4.78 is 8.53. The number of hydrogen-bond acceptors (Lipinski definition) is 2. The number of ether oxygens (including phenoxy) is 1. The van der Waals surface area contributed by atoms with E-state index in [1.807, 2.05) is 18.2 Å². The molecule has 1 aromatic carbocycles. The van der Waals surface area contributed by atoms with E-state index in [0.717, 1.165) is 10.2 Å². The largest absolute Gasteiger partial charge is 0.491 e. The molecule has 1 heterocycles. The summed E-state index contributed by atoms with van der Waals surface area (Å²) in [5.74, 6) is 1.27. The van der Waals surface area contributed by atoms with Crippen molar-refractivity contribution in [2.24, 2.45) is 0 Å². The molecule has 0 aliphatic carbocycles. The van der Waals surface area contributed by atoms with Gasteiger partial charge in [-0.25, -0.2) is 0 Å². The van der Waals surface area contributed by atoms with Crippen LogP contribution in [-0.2, 0) is 6.54 Å². The zero-order valence-electron chi connectivity index (χ0n) is 11.7. The standard InChI is InChI=1S/C16H18BrNO2/c1-12(2)14-11-13(17)6-7-15(14)20-10-9-18-8-4-3-5-16(18)19/h3-8,11-12H,9-10H2,1-2H3. The average molecular weight is 336 g/mol. The van der Waals surface area contributed by atoms with Gasteiger partial charge in [-0.1, -0.05) is 35.8 Å². The first kappa shape index (κ1) is 14.9. The van der Waals surface area contributed by atoms with Crippen molar-refractivity contribution < 1.29 is 4.74 Å². The van der Waals surface area contributed by atoms with E-state index in [1.165, 1.54) is 5.56 Å². The highest BCUT2D eigenvalue weighted by molar-refractivity contribution is 9.10. The van der Waals surface area contributed by atoms with Gasteiger partial charge in [-0.3, -0.25) is 4.79 Å². The third-order valence-corrected chi connectivity index (χ3v) is 3.58. The number of benzene rings is 1. The van der Waals surface area contributed by atoms with Crippen molar-refractivity contribution in [2.75, 3.05) is 6.61 Å². The van der Waals surface area contributed by atoms with Crippen LogP contribution in [0.5, 0.6) is 5.75 Å². The zero-order chi connectivity index (χ0) is 14.5. The first-order chi connectivity index (χ1) is 9.58. The van der Waals surface area contributed by atoms with Crippen LogP contribution in [-0.4, -0.2) is 11.2 Å². The normalized spacial score (nSPS) is 10.8. The van der Waals surface area contributed by atoms with E-state index in [-0.39, 0.29) is 5.56 Å². The van der Waals surface area contributed by atoms with E-state index in [9.17, 15) is 4.79 Å². The number of rotatable bonds is 5. The van der Waals surface area contributed by atoms with Gasteiger partial charge in [-0.15, -0.1) is 0 Å². The van der Waals surface area contributed by atoms with Gasteiger partial charge in [0.1, 0.15) is 12.4 Å². The van der Waals surface area contributed by atoms with Gasteiger partial charge in [0, 0.05) is 16.7 Å². The topological polar surface area (TPSA) is 31.2 Å². The molecule has 0 bridgehead atoms. The Morgan fingerprint density at radius 3 is 2.75 bits per heavy atom. The van der Waals surface area contributed by atoms with Crippen LogP contribution in [0.2, 0.25) is 0 Å². The quantitative estimate of drug-likeness (QED) is 0.831. The summed E-state index contributed by atoms with van der Waals surface area (Å²) in [6, 6.07) is 11.2. The van der Waals surface area contributed by atoms with Gasteiger partial charge in [-0.2, -0.15) is 0 Å². The van der Waals surface area contributed by atoms with Crippen LogP contribution in [0.3, 0.4) is 0 Å². The van der Waals surface area contributed by atoms with Gasteiger partial charge in [-0.05, 0) is 35.7 Å². The highest BCUT2D eigenvalue weighted by atomic mass is 79.9. The maximum absolute atomic E-state index is 11.6. The second-order valence-corrected chi connectivity index (χ2v) is 5.83. The Balaban J connectivity index is 2.05. The summed E-state index contributed by atoms with van der Waals surface area (Å²) >= 11 is 3.48. The Kier molecular flexibility index (Phi) is 5.01. The number of pyridine rings is 1. The lowest BCUT2D eigenvalue weighted by Gasteiger charge is -2.15. The molecule has 2 rings (SSSR count). The third kappa shape index (κ3) is 3.73. The van der Waals surface area contributed by atoms with Crippen molar-refractivity contribution in [1.29, 1.82) is 0 Å². The van der Waals surface area contributed by atoms with Crippen LogP contribution in [0.15, 0.2) is 51.9 Å². The summed E-state index contributed by atoms with van der Waals surface area (Å²) in [7, 11) is 0. The molecule has 1 aromatic heterocycles. The summed E-state index contributed by atoms with van der Waals surface area (Å²) in [5, 5.41) is 0. The smallest absolute Gasteiger partial charge is 0.250 e. The van der Waals surface area contributed by atoms with Crippen LogP contribution in [0, 0.1) is 0 Å². The molecule has 0 fully saturated rings. The molecule has 106 valence electrons. The van der Waals surface area contributed by atoms with E-state index in [0.29, 0.717) is 19.1 Å². The van der Waals surface area contributed by atoms with Gasteiger partial charge in [0.2, 0.25) is 0 Å². The van der Waals surface area contributed by atoms with Crippen LogP contribution in [0.1, 0.15) is 25.3 Å². The van der Waals surface area contributed by atoms with Gasteiger partial charge >= 0.3 is 0 Å². The number of hydrogen-bond donors (Lipinski definition) is 0. The maximum atomic E-state index is 11.6. The fraction of sp³-hybridized carbons (Fsp3) is 0.312. The molecule has 0 N–H and O–H groups in total. The van der Waals surface area contributed by atoms with Gasteiger partial charge in [0.05, 0.1) is 6.54 Å². The van der Waals surface area contributed by atoms with Crippen molar-refractivity contribution in [3.63, 3.8) is 0 Å². The molecule has 2 aromatic rings.